The summed E-state index contributed by atoms with van der Waals surface area (Å²) in [7, 11) is 0. The van der Waals surface area contributed by atoms with Crippen LogP contribution in [0.25, 0.3) is 0 Å². The van der Waals surface area contributed by atoms with Gasteiger partial charge in [-0.3, -0.25) is 9.59 Å². The quantitative estimate of drug-likeness (QED) is 0.669. The zero-order valence-corrected chi connectivity index (χ0v) is 16.9. The van der Waals surface area contributed by atoms with E-state index in [4.69, 9.17) is 27.9 Å². The van der Waals surface area contributed by atoms with Crippen LogP contribution in [-0.2, 0) is 14.3 Å². The minimum Gasteiger partial charge on any atom is -0.454 e. The van der Waals surface area contributed by atoms with Gasteiger partial charge in [0.1, 0.15) is 6.04 Å². The van der Waals surface area contributed by atoms with E-state index in [-0.39, 0.29) is 35.1 Å². The van der Waals surface area contributed by atoms with Crippen molar-refractivity contribution >= 4 is 41.0 Å². The number of carbonyl (C=O) groups is 3. The Hall–Kier alpha value is -1.79. The van der Waals surface area contributed by atoms with Gasteiger partial charge in [0.2, 0.25) is 0 Å². The van der Waals surface area contributed by atoms with Gasteiger partial charge in [0.25, 0.3) is 11.8 Å². The Morgan fingerprint density at radius 3 is 2.44 bits per heavy atom. The summed E-state index contributed by atoms with van der Waals surface area (Å²) in [6.45, 7) is 3.18. The van der Waals surface area contributed by atoms with E-state index in [1.54, 1.807) is 19.9 Å². The molecule has 0 bridgehead atoms. The van der Waals surface area contributed by atoms with Crippen LogP contribution in [0.5, 0.6) is 0 Å². The van der Waals surface area contributed by atoms with E-state index < -0.39 is 17.9 Å². The standard InChI is InChI=1S/C19H24Cl2N2O4/c1-11(2)17(23-18(25)14-8-7-12(20)9-15(14)21)19(26)27-10-16(24)22-13-5-3-4-6-13/h7-9,11,13,17H,3-6,10H2,1-2H3,(H,22,24)(H,23,25)/t17-/m0/s1. The van der Waals surface area contributed by atoms with Crippen molar-refractivity contribution < 1.29 is 19.1 Å². The summed E-state index contributed by atoms with van der Waals surface area (Å²) >= 11 is 11.9. The second kappa shape index (κ2) is 9.95. The van der Waals surface area contributed by atoms with Crippen molar-refractivity contribution in [3.8, 4) is 0 Å². The molecule has 1 atom stereocenters. The lowest BCUT2D eigenvalue weighted by Gasteiger charge is -2.21. The van der Waals surface area contributed by atoms with Gasteiger partial charge in [-0.05, 0) is 37.0 Å². The van der Waals surface area contributed by atoms with E-state index in [2.05, 4.69) is 10.6 Å². The van der Waals surface area contributed by atoms with E-state index in [1.807, 2.05) is 0 Å². The molecule has 0 saturated heterocycles. The van der Waals surface area contributed by atoms with E-state index in [0.29, 0.717) is 5.02 Å². The molecule has 1 aromatic carbocycles. The van der Waals surface area contributed by atoms with Crippen LogP contribution >= 0.6 is 23.2 Å². The summed E-state index contributed by atoms with van der Waals surface area (Å²) in [6, 6.07) is 3.73. The third-order valence-corrected chi connectivity index (χ3v) is 5.00. The molecule has 1 fully saturated rings. The van der Waals surface area contributed by atoms with Gasteiger partial charge < -0.3 is 15.4 Å². The van der Waals surface area contributed by atoms with Crippen LogP contribution in [0.1, 0.15) is 49.9 Å². The molecule has 0 aromatic heterocycles. The number of hydrogen-bond acceptors (Lipinski definition) is 4. The Labute approximate surface area is 168 Å². The van der Waals surface area contributed by atoms with E-state index in [9.17, 15) is 14.4 Å². The number of esters is 1. The molecule has 6 nitrogen and oxygen atoms in total. The number of benzene rings is 1. The summed E-state index contributed by atoms with van der Waals surface area (Å²) in [5, 5.41) is 6.06. The van der Waals surface area contributed by atoms with Crippen LogP contribution in [0.3, 0.4) is 0 Å². The van der Waals surface area contributed by atoms with Gasteiger partial charge in [0.05, 0.1) is 10.6 Å². The van der Waals surface area contributed by atoms with Gasteiger partial charge in [0.15, 0.2) is 6.61 Å². The molecule has 2 amide bonds. The molecule has 0 aliphatic heterocycles. The predicted octanol–water partition coefficient (Wildman–Crippen LogP) is 3.35. The average molecular weight is 415 g/mol. The van der Waals surface area contributed by atoms with Crippen LogP contribution in [0.2, 0.25) is 10.0 Å². The highest BCUT2D eigenvalue weighted by atomic mass is 35.5. The highest BCUT2D eigenvalue weighted by Crippen LogP contribution is 2.21. The van der Waals surface area contributed by atoms with Crippen LogP contribution < -0.4 is 10.6 Å². The summed E-state index contributed by atoms with van der Waals surface area (Å²) < 4.78 is 5.10. The molecule has 1 aromatic rings. The first-order chi connectivity index (χ1) is 12.8. The number of amides is 2. The molecule has 0 heterocycles. The summed E-state index contributed by atoms with van der Waals surface area (Å²) in [4.78, 5) is 36.7. The normalized spacial score (nSPS) is 15.4. The van der Waals surface area contributed by atoms with Crippen molar-refractivity contribution in [2.24, 2.45) is 5.92 Å². The highest BCUT2D eigenvalue weighted by Gasteiger charge is 2.28. The van der Waals surface area contributed by atoms with Crippen molar-refractivity contribution in [3.63, 3.8) is 0 Å². The SMILES string of the molecule is CC(C)[C@H](NC(=O)c1ccc(Cl)cc1Cl)C(=O)OCC(=O)NC1CCCC1. The summed E-state index contributed by atoms with van der Waals surface area (Å²) in [5.41, 5.74) is 0.207. The number of halogens is 2. The van der Waals surface area contributed by atoms with Crippen molar-refractivity contribution in [2.45, 2.75) is 51.6 Å². The molecule has 1 aliphatic rings. The molecular weight excluding hydrogens is 391 g/mol. The van der Waals surface area contributed by atoms with Crippen molar-refractivity contribution in [1.29, 1.82) is 0 Å². The molecule has 0 radical (unpaired) electrons. The molecule has 8 heteroatoms. The maximum absolute atomic E-state index is 12.4. The van der Waals surface area contributed by atoms with Gasteiger partial charge >= 0.3 is 5.97 Å². The molecule has 0 unspecified atom stereocenters. The smallest absolute Gasteiger partial charge is 0.329 e. The van der Waals surface area contributed by atoms with Gasteiger partial charge in [-0.25, -0.2) is 4.79 Å². The minimum absolute atomic E-state index is 0.156. The number of nitrogens with one attached hydrogen (secondary N) is 2. The van der Waals surface area contributed by atoms with Crippen molar-refractivity contribution in [2.75, 3.05) is 6.61 Å². The monoisotopic (exact) mass is 414 g/mol. The lowest BCUT2D eigenvalue weighted by molar-refractivity contribution is -0.151. The number of carbonyl (C=O) groups excluding carboxylic acids is 3. The maximum Gasteiger partial charge on any atom is 0.329 e. The van der Waals surface area contributed by atoms with Gasteiger partial charge in [0, 0.05) is 11.1 Å². The fourth-order valence-electron chi connectivity index (χ4n) is 2.96. The van der Waals surface area contributed by atoms with E-state index in [1.165, 1.54) is 12.1 Å². The van der Waals surface area contributed by atoms with Crippen LogP contribution in [0.15, 0.2) is 18.2 Å². The zero-order chi connectivity index (χ0) is 20.0. The van der Waals surface area contributed by atoms with E-state index in [0.717, 1.165) is 25.7 Å². The van der Waals surface area contributed by atoms with Crippen molar-refractivity contribution in [3.05, 3.63) is 33.8 Å². The topological polar surface area (TPSA) is 84.5 Å². The van der Waals surface area contributed by atoms with Crippen LogP contribution in [0.4, 0.5) is 0 Å². The number of ether oxygens (including phenoxy) is 1. The number of rotatable bonds is 7. The van der Waals surface area contributed by atoms with Crippen molar-refractivity contribution in [1.82, 2.24) is 10.6 Å². The molecule has 1 aliphatic carbocycles. The molecule has 27 heavy (non-hydrogen) atoms. The first kappa shape index (κ1) is 21.5. The Balaban J connectivity index is 1.91. The lowest BCUT2D eigenvalue weighted by Crippen LogP contribution is -2.46. The Morgan fingerprint density at radius 1 is 1.19 bits per heavy atom. The molecule has 1 saturated carbocycles. The summed E-state index contributed by atoms with van der Waals surface area (Å²) in [6.07, 6.45) is 4.09. The van der Waals surface area contributed by atoms with Gasteiger partial charge in [-0.15, -0.1) is 0 Å². The predicted molar refractivity (Wildman–Crippen MR) is 104 cm³/mol. The largest absolute Gasteiger partial charge is 0.454 e. The Morgan fingerprint density at radius 2 is 1.85 bits per heavy atom. The molecule has 0 spiro atoms. The first-order valence-corrected chi connectivity index (χ1v) is 9.75. The maximum atomic E-state index is 12.4. The minimum atomic E-state index is -0.900. The van der Waals surface area contributed by atoms with Gasteiger partial charge in [-0.1, -0.05) is 49.9 Å². The lowest BCUT2D eigenvalue weighted by atomic mass is 10.0. The summed E-state index contributed by atoms with van der Waals surface area (Å²) in [5.74, 6) is -1.73. The third-order valence-electron chi connectivity index (χ3n) is 4.45. The third kappa shape index (κ3) is 6.40. The van der Waals surface area contributed by atoms with E-state index >= 15 is 0 Å². The first-order valence-electron chi connectivity index (χ1n) is 9.00. The fraction of sp³-hybridized carbons (Fsp3) is 0.526. The molecule has 148 valence electrons. The average Bonchev–Trinajstić information content (AvgIpc) is 3.10. The Kier molecular flexibility index (Phi) is 7.92. The van der Waals surface area contributed by atoms with Crippen LogP contribution in [0, 0.1) is 5.92 Å². The molecular formula is C19H24Cl2N2O4. The number of hydrogen-bond donors (Lipinski definition) is 2. The highest BCUT2D eigenvalue weighted by molar-refractivity contribution is 6.36. The molecule has 2 rings (SSSR count). The van der Waals surface area contributed by atoms with Crippen LogP contribution in [-0.4, -0.2) is 36.5 Å². The molecule has 2 N–H and O–H groups in total. The second-order valence-corrected chi connectivity index (χ2v) is 7.82. The zero-order valence-electron chi connectivity index (χ0n) is 15.4. The fourth-order valence-corrected chi connectivity index (χ4v) is 3.45. The van der Waals surface area contributed by atoms with Gasteiger partial charge in [-0.2, -0.15) is 0 Å². The second-order valence-electron chi connectivity index (χ2n) is 6.98. The Bertz CT molecular complexity index is 703.